The van der Waals surface area contributed by atoms with E-state index in [0.717, 1.165) is 0 Å². The second kappa shape index (κ2) is 7.07. The second-order valence-corrected chi connectivity index (χ2v) is 8.38. The van der Waals surface area contributed by atoms with E-state index in [2.05, 4.69) is 123 Å². The lowest BCUT2D eigenvalue weighted by atomic mass is 9.95. The number of nitrogens with zero attached hydrogens (tertiary/aromatic N) is 2. The Hall–Kier alpha value is -3.52. The first kappa shape index (κ1) is 18.5. The van der Waals surface area contributed by atoms with Gasteiger partial charge in [-0.05, 0) is 80.6 Å². The van der Waals surface area contributed by atoms with Crippen LogP contribution in [0.15, 0.2) is 84.9 Å². The minimum Gasteiger partial charge on any atom is -0.378 e. The van der Waals surface area contributed by atoms with E-state index in [1.54, 1.807) is 0 Å². The Kier molecular flexibility index (Phi) is 4.36. The lowest BCUT2D eigenvalue weighted by molar-refractivity contribution is 1.13. The van der Waals surface area contributed by atoms with Crippen LogP contribution in [0.5, 0.6) is 0 Å². The van der Waals surface area contributed by atoms with Gasteiger partial charge in [0.1, 0.15) is 0 Å². The fourth-order valence-corrected chi connectivity index (χ4v) is 4.18. The predicted molar refractivity (Wildman–Crippen MR) is 131 cm³/mol. The third-order valence-corrected chi connectivity index (χ3v) is 5.96. The molecule has 0 fully saturated rings. The Morgan fingerprint density at radius 2 is 0.933 bits per heavy atom. The predicted octanol–water partition coefficient (Wildman–Crippen LogP) is 6.29. The summed E-state index contributed by atoms with van der Waals surface area (Å²) in [4.78, 5) is 4.28. The van der Waals surface area contributed by atoms with Crippen molar-refractivity contribution in [2.24, 2.45) is 0 Å². The zero-order valence-electron chi connectivity index (χ0n) is 18.0. The molecular weight excluding hydrogens is 364 g/mol. The van der Waals surface area contributed by atoms with Gasteiger partial charge in [-0.1, -0.05) is 48.5 Å². The third kappa shape index (κ3) is 3.15. The summed E-state index contributed by atoms with van der Waals surface area (Å²) in [5.41, 5.74) is 10.4. The van der Waals surface area contributed by atoms with Crippen LogP contribution in [0.2, 0.25) is 0 Å². The number of rotatable bonds is 4. The molecule has 1 aliphatic rings. The third-order valence-electron chi connectivity index (χ3n) is 5.96. The number of benzene rings is 4. The Labute approximate surface area is 178 Å². The number of hydrogen-bond donors (Lipinski definition) is 0. The van der Waals surface area contributed by atoms with Gasteiger partial charge in [0, 0.05) is 39.6 Å². The summed E-state index contributed by atoms with van der Waals surface area (Å²) in [6.07, 6.45) is 0. The highest BCUT2D eigenvalue weighted by molar-refractivity contribution is 6.18. The van der Waals surface area contributed by atoms with Gasteiger partial charge in [-0.15, -0.1) is 0 Å². The zero-order valence-corrected chi connectivity index (χ0v) is 18.0. The fourth-order valence-electron chi connectivity index (χ4n) is 4.18. The summed E-state index contributed by atoms with van der Waals surface area (Å²) in [6.45, 7) is 0. The minimum absolute atomic E-state index is 1.21. The summed E-state index contributed by atoms with van der Waals surface area (Å²) in [7, 11) is 8.32. The molecule has 0 N–H and O–H groups in total. The van der Waals surface area contributed by atoms with Crippen molar-refractivity contribution in [1.29, 1.82) is 0 Å². The molecule has 0 spiro atoms. The monoisotopic (exact) mass is 390 g/mol. The van der Waals surface area contributed by atoms with Crippen molar-refractivity contribution in [3.05, 3.63) is 107 Å². The molecule has 4 aromatic carbocycles. The van der Waals surface area contributed by atoms with Crippen LogP contribution in [0.25, 0.3) is 21.9 Å². The van der Waals surface area contributed by atoms with Crippen molar-refractivity contribution >= 4 is 33.3 Å². The van der Waals surface area contributed by atoms with Gasteiger partial charge in [0.2, 0.25) is 0 Å². The van der Waals surface area contributed by atoms with Gasteiger partial charge in [-0.3, -0.25) is 0 Å². The molecule has 0 saturated heterocycles. The average Bonchev–Trinajstić information content (AvgIpc) is 3.45. The van der Waals surface area contributed by atoms with Crippen LogP contribution in [0, 0.1) is 0 Å². The van der Waals surface area contributed by atoms with Crippen LogP contribution in [0.3, 0.4) is 0 Å². The molecule has 0 bridgehead atoms. The topological polar surface area (TPSA) is 6.48 Å². The summed E-state index contributed by atoms with van der Waals surface area (Å²) in [6, 6.07) is 31.1. The highest BCUT2D eigenvalue weighted by Gasteiger charge is 2.30. The highest BCUT2D eigenvalue weighted by atomic mass is 15.1. The van der Waals surface area contributed by atoms with E-state index in [4.69, 9.17) is 0 Å². The Morgan fingerprint density at radius 1 is 0.533 bits per heavy atom. The smallest absolute Gasteiger partial charge is 0.0361 e. The Bertz CT molecular complexity index is 1160. The number of hydrogen-bond acceptors (Lipinski definition) is 2. The molecule has 5 rings (SSSR count). The van der Waals surface area contributed by atoms with Gasteiger partial charge in [-0.2, -0.15) is 0 Å². The number of fused-ring (bicyclic) bond motifs is 2. The van der Waals surface area contributed by atoms with Gasteiger partial charge in [0.15, 0.2) is 0 Å². The molecule has 0 amide bonds. The lowest BCUT2D eigenvalue weighted by Crippen LogP contribution is -2.08. The molecule has 0 aromatic heterocycles. The molecule has 4 aromatic rings. The first-order valence-electron chi connectivity index (χ1n) is 10.4. The minimum atomic E-state index is 1.21. The fraction of sp³-hybridized carbons (Fsp3) is 0.143. The van der Waals surface area contributed by atoms with E-state index in [1.807, 2.05) is 0 Å². The average molecular weight is 391 g/mol. The molecule has 0 unspecified atom stereocenters. The van der Waals surface area contributed by atoms with Gasteiger partial charge >= 0.3 is 0 Å². The first-order chi connectivity index (χ1) is 14.5. The van der Waals surface area contributed by atoms with Gasteiger partial charge in [0.05, 0.1) is 0 Å². The van der Waals surface area contributed by atoms with Gasteiger partial charge < -0.3 is 9.80 Å². The quantitative estimate of drug-likeness (QED) is 0.356. The molecule has 2 heteroatoms. The van der Waals surface area contributed by atoms with Crippen LogP contribution in [-0.2, 0) is 0 Å². The molecule has 0 radical (unpaired) electrons. The van der Waals surface area contributed by atoms with E-state index in [1.165, 1.54) is 55.5 Å². The SMILES string of the molecule is CN(C)c1ccc(C(=C2c3cc4ccccc4cc32)c2ccc(N(C)C)cc2)cc1. The van der Waals surface area contributed by atoms with Crippen molar-refractivity contribution in [2.45, 2.75) is 0 Å². The molecule has 0 saturated carbocycles. The summed E-state index contributed by atoms with van der Waals surface area (Å²) >= 11 is 0. The summed E-state index contributed by atoms with van der Waals surface area (Å²) < 4.78 is 0. The maximum Gasteiger partial charge on any atom is 0.0361 e. The maximum absolute atomic E-state index is 2.34. The zero-order chi connectivity index (χ0) is 20.8. The first-order valence-corrected chi connectivity index (χ1v) is 10.4. The maximum atomic E-state index is 2.34. The molecule has 2 nitrogen and oxygen atoms in total. The molecular formula is C28H26N2. The van der Waals surface area contributed by atoms with E-state index >= 15 is 0 Å². The van der Waals surface area contributed by atoms with Crippen LogP contribution in [-0.4, -0.2) is 28.2 Å². The van der Waals surface area contributed by atoms with E-state index in [9.17, 15) is 0 Å². The Morgan fingerprint density at radius 3 is 1.30 bits per heavy atom. The van der Waals surface area contributed by atoms with Gasteiger partial charge in [0.25, 0.3) is 0 Å². The second-order valence-electron chi connectivity index (χ2n) is 8.38. The Balaban J connectivity index is 1.68. The van der Waals surface area contributed by atoms with Gasteiger partial charge in [-0.25, -0.2) is 0 Å². The lowest BCUT2D eigenvalue weighted by Gasteiger charge is -2.16. The molecule has 0 aliphatic heterocycles. The normalized spacial score (nSPS) is 11.9. The van der Waals surface area contributed by atoms with E-state index < -0.39 is 0 Å². The van der Waals surface area contributed by atoms with Crippen molar-refractivity contribution in [1.82, 2.24) is 0 Å². The highest BCUT2D eigenvalue weighted by Crippen LogP contribution is 2.51. The van der Waals surface area contributed by atoms with Crippen LogP contribution >= 0.6 is 0 Å². The van der Waals surface area contributed by atoms with Crippen molar-refractivity contribution in [3.63, 3.8) is 0 Å². The van der Waals surface area contributed by atoms with Crippen LogP contribution in [0.4, 0.5) is 11.4 Å². The van der Waals surface area contributed by atoms with Crippen LogP contribution in [0.1, 0.15) is 22.3 Å². The van der Waals surface area contributed by atoms with E-state index in [0.29, 0.717) is 0 Å². The number of anilines is 2. The largest absolute Gasteiger partial charge is 0.378 e. The molecule has 148 valence electrons. The molecule has 0 heterocycles. The molecule has 1 aliphatic carbocycles. The molecule has 30 heavy (non-hydrogen) atoms. The summed E-state index contributed by atoms with van der Waals surface area (Å²) in [5.74, 6) is 0. The standard InChI is InChI=1S/C28H26N2/c1-29(2)23-13-9-19(10-14-23)27(20-11-15-24(16-12-20)30(3)4)28-25-17-21-7-5-6-8-22(21)18-26(25)28/h5-18H,1-4H3. The van der Waals surface area contributed by atoms with Crippen molar-refractivity contribution < 1.29 is 0 Å². The summed E-state index contributed by atoms with van der Waals surface area (Å²) in [5, 5.41) is 2.60. The van der Waals surface area contributed by atoms with E-state index in [-0.39, 0.29) is 0 Å². The van der Waals surface area contributed by atoms with Crippen molar-refractivity contribution in [2.75, 3.05) is 38.0 Å². The van der Waals surface area contributed by atoms with Crippen molar-refractivity contribution in [3.8, 4) is 0 Å². The van der Waals surface area contributed by atoms with Crippen LogP contribution < -0.4 is 9.80 Å². The molecule has 0 atom stereocenters.